The van der Waals surface area contributed by atoms with E-state index in [9.17, 15) is 13.2 Å². The van der Waals surface area contributed by atoms with Crippen molar-refractivity contribution in [3.8, 4) is 0 Å². The van der Waals surface area contributed by atoms with Crippen molar-refractivity contribution in [2.75, 3.05) is 21.9 Å². The predicted molar refractivity (Wildman–Crippen MR) is 175 cm³/mol. The van der Waals surface area contributed by atoms with E-state index in [-0.39, 0.29) is 22.5 Å². The minimum atomic E-state index is -4.06. The summed E-state index contributed by atoms with van der Waals surface area (Å²) >= 11 is 7.95. The van der Waals surface area contributed by atoms with Crippen LogP contribution in [0.3, 0.4) is 0 Å². The summed E-state index contributed by atoms with van der Waals surface area (Å²) in [5.74, 6) is -1.08. The van der Waals surface area contributed by atoms with Gasteiger partial charge < -0.3 is 25.8 Å². The number of ether oxygens (including phenoxy) is 2. The number of aromatic nitrogens is 1. The van der Waals surface area contributed by atoms with E-state index in [1.54, 1.807) is 36.5 Å². The van der Waals surface area contributed by atoms with E-state index in [0.29, 0.717) is 42.3 Å². The topological polar surface area (TPSA) is 136 Å². The van der Waals surface area contributed by atoms with Crippen LogP contribution >= 0.6 is 22.9 Å². The molecule has 4 N–H and O–H groups in total. The molecule has 1 aliphatic carbocycles. The zero-order valence-corrected chi connectivity index (χ0v) is 27.9. The molecule has 3 aromatic rings. The molecule has 2 fully saturated rings. The van der Waals surface area contributed by atoms with Gasteiger partial charge in [0.2, 0.25) is 5.91 Å². The number of benzene rings is 1. The number of thiophene rings is 1. The van der Waals surface area contributed by atoms with Crippen LogP contribution < -0.4 is 20.7 Å². The summed E-state index contributed by atoms with van der Waals surface area (Å²) in [4.78, 5) is 18.5. The molecular weight excluding hydrogens is 622 g/mol. The van der Waals surface area contributed by atoms with Gasteiger partial charge in [0.25, 0.3) is 10.0 Å². The molecule has 1 amide bonds. The average Bonchev–Trinajstić information content (AvgIpc) is 3.62. The van der Waals surface area contributed by atoms with Gasteiger partial charge in [0.05, 0.1) is 39.3 Å². The lowest BCUT2D eigenvalue weighted by Gasteiger charge is -2.34. The molecule has 0 spiro atoms. The van der Waals surface area contributed by atoms with Crippen LogP contribution in [0.25, 0.3) is 0 Å². The van der Waals surface area contributed by atoms with Gasteiger partial charge in [-0.1, -0.05) is 36.2 Å². The molecule has 0 radical (unpaired) electrons. The van der Waals surface area contributed by atoms with Gasteiger partial charge in [0, 0.05) is 24.0 Å². The third kappa shape index (κ3) is 6.41. The van der Waals surface area contributed by atoms with Crippen molar-refractivity contribution in [2.24, 2.45) is 5.92 Å². The molecule has 1 saturated carbocycles. The third-order valence-corrected chi connectivity index (χ3v) is 11.5. The highest BCUT2D eigenvalue weighted by Crippen LogP contribution is 2.44. The molecule has 1 aliphatic heterocycles. The van der Waals surface area contributed by atoms with Crippen LogP contribution in [0.2, 0.25) is 5.02 Å². The predicted octanol–water partition coefficient (Wildman–Crippen LogP) is 5.36. The molecule has 238 valence electrons. The number of nitrogen functional groups attached to an aromatic ring is 1. The normalized spacial score (nSPS) is 23.2. The Hall–Kier alpha value is -2.90. The number of hydrogen-bond acceptors (Lipinski definition) is 9. The van der Waals surface area contributed by atoms with E-state index in [0.717, 1.165) is 10.4 Å². The average molecular weight is 662 g/mol. The van der Waals surface area contributed by atoms with Crippen LogP contribution in [0, 0.1) is 12.8 Å². The largest absolute Gasteiger partial charge is 0.394 e. The second kappa shape index (κ2) is 12.8. The maximum absolute atomic E-state index is 14.4. The summed E-state index contributed by atoms with van der Waals surface area (Å²) in [6.07, 6.45) is 2.01. The number of nitrogens with two attached hydrogens (primary N) is 1. The lowest BCUT2D eigenvalue weighted by molar-refractivity contribution is -0.160. The number of rotatable bonds is 11. The highest BCUT2D eigenvalue weighted by atomic mass is 35.5. The van der Waals surface area contributed by atoms with Crippen molar-refractivity contribution >= 4 is 56.1 Å². The summed E-state index contributed by atoms with van der Waals surface area (Å²) in [5.41, 5.74) is 8.22. The molecule has 2 aromatic heterocycles. The Kier molecular flexibility index (Phi) is 9.48. The molecule has 5 atom stereocenters. The highest BCUT2D eigenvalue weighted by Gasteiger charge is 2.56. The molecule has 0 bridgehead atoms. The van der Waals surface area contributed by atoms with E-state index in [2.05, 4.69) is 15.6 Å². The molecule has 5 rings (SSSR count). The summed E-state index contributed by atoms with van der Waals surface area (Å²) in [6.45, 7) is 9.88. The van der Waals surface area contributed by atoms with Gasteiger partial charge in [-0.05, 0) is 70.2 Å². The smallest absolute Gasteiger partial charge is 0.264 e. The molecule has 2 aliphatic rings. The summed E-state index contributed by atoms with van der Waals surface area (Å²) in [6, 6.07) is 9.37. The first kappa shape index (κ1) is 32.5. The van der Waals surface area contributed by atoms with Crippen LogP contribution in [0.15, 0.2) is 52.9 Å². The van der Waals surface area contributed by atoms with E-state index in [4.69, 9.17) is 26.8 Å². The summed E-state index contributed by atoms with van der Waals surface area (Å²) < 4.78 is 42.6. The Balaban J connectivity index is 1.53. The van der Waals surface area contributed by atoms with Gasteiger partial charge >= 0.3 is 0 Å². The number of aryl methyl sites for hydroxylation is 1. The number of fused-ring (bicyclic) bond motifs is 1. The van der Waals surface area contributed by atoms with Gasteiger partial charge in [0.15, 0.2) is 11.6 Å². The maximum atomic E-state index is 14.4. The van der Waals surface area contributed by atoms with Crippen molar-refractivity contribution in [1.82, 2.24) is 10.3 Å². The van der Waals surface area contributed by atoms with Crippen LogP contribution in [-0.4, -0.2) is 55.9 Å². The van der Waals surface area contributed by atoms with Crippen LogP contribution in [0.1, 0.15) is 51.0 Å². The number of nitrogens with one attached hydrogen (secondary N) is 2. The minimum Gasteiger partial charge on any atom is -0.394 e. The zero-order chi connectivity index (χ0) is 31.8. The Bertz CT molecular complexity index is 1600. The fourth-order valence-electron chi connectivity index (χ4n) is 6.05. The van der Waals surface area contributed by atoms with E-state index < -0.39 is 40.0 Å². The van der Waals surface area contributed by atoms with Gasteiger partial charge in [0.1, 0.15) is 12.2 Å². The standard InChI is InChI=1S/C31H40ClN5O5S2/c1-6-19(16-25-22(32)13-15-43-25)37(44(39,40)20-10-8-18(3)9-11-20)24-12-14-35-29(26(24)33)36-23-17-21(30(38)34-7-2)27-28(23)42-31(4,5)41-27/h8-15,19,21,23,27-28H,6-7,16-17,33H2,1-5H3,(H,34,38)(H,35,36)/t19?,21-,23?,27+,28-/m0/s1. The number of sulfonamides is 1. The lowest BCUT2D eigenvalue weighted by atomic mass is 10.0. The third-order valence-electron chi connectivity index (χ3n) is 8.17. The van der Waals surface area contributed by atoms with E-state index >= 15 is 0 Å². The maximum Gasteiger partial charge on any atom is 0.264 e. The molecule has 3 heterocycles. The van der Waals surface area contributed by atoms with Crippen molar-refractivity contribution in [3.05, 3.63) is 63.4 Å². The molecule has 10 nitrogen and oxygen atoms in total. The first-order chi connectivity index (χ1) is 20.9. The van der Waals surface area contributed by atoms with E-state index in [1.807, 2.05) is 46.1 Å². The summed E-state index contributed by atoms with van der Waals surface area (Å²) in [5, 5.41) is 8.78. The molecular formula is C31H40ClN5O5S2. The van der Waals surface area contributed by atoms with Crippen molar-refractivity contribution in [1.29, 1.82) is 0 Å². The number of anilines is 3. The molecule has 2 unspecified atom stereocenters. The monoisotopic (exact) mass is 661 g/mol. The fourth-order valence-corrected chi connectivity index (χ4v) is 8.98. The minimum absolute atomic E-state index is 0.101. The highest BCUT2D eigenvalue weighted by molar-refractivity contribution is 7.92. The first-order valence-corrected chi connectivity index (χ1v) is 17.5. The van der Waals surface area contributed by atoms with Crippen LogP contribution in [0.5, 0.6) is 0 Å². The van der Waals surface area contributed by atoms with Crippen LogP contribution in [0.4, 0.5) is 17.2 Å². The quantitative estimate of drug-likeness (QED) is 0.250. The Labute approximate surface area is 268 Å². The first-order valence-electron chi connectivity index (χ1n) is 14.8. The van der Waals surface area contributed by atoms with E-state index in [1.165, 1.54) is 15.6 Å². The molecule has 44 heavy (non-hydrogen) atoms. The van der Waals surface area contributed by atoms with Crippen LogP contribution in [-0.2, 0) is 30.7 Å². The number of carbonyl (C=O) groups excluding carboxylic acids is 1. The second-order valence-corrected chi connectivity index (χ2v) is 14.9. The van der Waals surface area contributed by atoms with Crippen molar-refractivity contribution in [2.45, 2.75) is 88.9 Å². The molecule has 1 aromatic carbocycles. The number of halogens is 1. The number of carbonyl (C=O) groups is 1. The molecule has 1 saturated heterocycles. The van der Waals surface area contributed by atoms with Gasteiger partial charge in [-0.2, -0.15) is 0 Å². The fraction of sp³-hybridized carbons (Fsp3) is 0.484. The lowest BCUT2D eigenvalue weighted by Crippen LogP contribution is -2.42. The molecule has 13 heteroatoms. The van der Waals surface area contributed by atoms with Gasteiger partial charge in [-0.25, -0.2) is 13.4 Å². The van der Waals surface area contributed by atoms with Crippen molar-refractivity contribution in [3.63, 3.8) is 0 Å². The Morgan fingerprint density at radius 3 is 2.52 bits per heavy atom. The number of nitrogens with zero attached hydrogens (tertiary/aromatic N) is 2. The van der Waals surface area contributed by atoms with Gasteiger partial charge in [-0.15, -0.1) is 11.3 Å². The van der Waals surface area contributed by atoms with Gasteiger partial charge in [-0.3, -0.25) is 9.10 Å². The number of amides is 1. The number of hydrogen-bond donors (Lipinski definition) is 3. The zero-order valence-electron chi connectivity index (χ0n) is 25.5. The summed E-state index contributed by atoms with van der Waals surface area (Å²) in [7, 11) is -4.06. The Morgan fingerprint density at radius 2 is 1.89 bits per heavy atom. The Morgan fingerprint density at radius 1 is 1.18 bits per heavy atom. The SMILES string of the molecule is CCNC(=O)[C@H]1CC(Nc2nccc(N(C(CC)Cc3sccc3Cl)S(=O)(=O)c3ccc(C)cc3)c2N)[C@@H]2OC(C)(C)O[C@H]12. The van der Waals surface area contributed by atoms with Crippen molar-refractivity contribution < 1.29 is 22.7 Å². The number of pyridine rings is 1. The second-order valence-electron chi connectivity index (χ2n) is 11.7.